The molecule has 0 saturated carbocycles. The summed E-state index contributed by atoms with van der Waals surface area (Å²) in [4.78, 5) is 21.2. The van der Waals surface area contributed by atoms with E-state index in [9.17, 15) is 26.3 Å². The van der Waals surface area contributed by atoms with Crippen LogP contribution in [0.4, 0.5) is 38.0 Å². The highest BCUT2D eigenvalue weighted by Crippen LogP contribution is 2.41. The summed E-state index contributed by atoms with van der Waals surface area (Å²) in [5.74, 6) is 2.60. The van der Waals surface area contributed by atoms with Crippen molar-refractivity contribution in [2.45, 2.75) is 77.8 Å². The quantitative estimate of drug-likeness (QED) is 0.109. The highest BCUT2D eigenvalue weighted by atomic mass is 19.4. The van der Waals surface area contributed by atoms with Gasteiger partial charge in [0.2, 0.25) is 0 Å². The summed E-state index contributed by atoms with van der Waals surface area (Å²) in [6, 6.07) is 12.0. The van der Waals surface area contributed by atoms with Crippen LogP contribution >= 0.6 is 0 Å². The van der Waals surface area contributed by atoms with Crippen LogP contribution in [0.5, 0.6) is 0 Å². The van der Waals surface area contributed by atoms with Gasteiger partial charge in [-0.3, -0.25) is 10.2 Å². The molecule has 6 aromatic rings. The van der Waals surface area contributed by atoms with Crippen LogP contribution in [0.3, 0.4) is 0 Å². The molecule has 2 fully saturated rings. The van der Waals surface area contributed by atoms with Crippen LogP contribution in [0.15, 0.2) is 60.9 Å². The first kappa shape index (κ1) is 42.8. The second kappa shape index (κ2) is 17.3. The van der Waals surface area contributed by atoms with Gasteiger partial charge in [-0.1, -0.05) is 27.7 Å². The molecule has 8 rings (SSSR count). The predicted octanol–water partition coefficient (Wildman–Crippen LogP) is 8.48. The van der Waals surface area contributed by atoms with Gasteiger partial charge in [0.15, 0.2) is 11.3 Å². The van der Waals surface area contributed by atoms with Crippen molar-refractivity contribution in [3.63, 3.8) is 0 Å². The topological polar surface area (TPSA) is 167 Å². The zero-order chi connectivity index (χ0) is 42.9. The first-order valence-corrected chi connectivity index (χ1v) is 20.2. The number of alkyl halides is 6. The van der Waals surface area contributed by atoms with E-state index in [-0.39, 0.29) is 46.7 Å². The SMILES string of the molecule is CC(C)C[C@@H]1CN(c2ccc(C(F)(F)F)c(-c3[nH]nc4ncccc34)n2)CC[C@@H]1N.CC(C)C[C@H]1CN(c2ccc(C(F)(F)F)c(-c3[nH]nc4ncccc34)n2)CC[C@H]1N. The molecule has 0 bridgehead atoms. The van der Waals surface area contributed by atoms with Crippen LogP contribution in [0.25, 0.3) is 44.8 Å². The van der Waals surface area contributed by atoms with Gasteiger partial charge >= 0.3 is 12.4 Å². The Morgan fingerprint density at radius 1 is 0.633 bits per heavy atom. The normalized spacial score (nSPS) is 20.3. The number of H-pyrrole nitrogens is 2. The number of halogens is 6. The lowest BCUT2D eigenvalue weighted by atomic mass is 9.86. The number of hydrogen-bond acceptors (Lipinski definition) is 10. The molecule has 0 unspecified atom stereocenters. The molecule has 0 aromatic carbocycles. The molecule has 8 heterocycles. The first-order valence-electron chi connectivity index (χ1n) is 20.2. The van der Waals surface area contributed by atoms with E-state index in [4.69, 9.17) is 11.5 Å². The standard InChI is InChI=1S/2C21H25F3N6/c2*1-12(2)10-13-11-30(9-7-16(13)25)17-6-5-15(21(22,23)24)19(27-17)18-14-4-3-8-26-20(14)29-28-18/h2*3-6,8,12-13,16H,7,9-11,25H2,1-2H3,(H,26,28,29)/t2*13-,16+/m10/s1. The van der Waals surface area contributed by atoms with E-state index < -0.39 is 23.5 Å². The molecule has 320 valence electrons. The van der Waals surface area contributed by atoms with Crippen molar-refractivity contribution < 1.29 is 26.3 Å². The third-order valence-corrected chi connectivity index (χ3v) is 11.3. The van der Waals surface area contributed by atoms with Crippen molar-refractivity contribution in [1.82, 2.24) is 40.3 Å². The monoisotopic (exact) mass is 836 g/mol. The van der Waals surface area contributed by atoms with Crippen molar-refractivity contribution in [2.24, 2.45) is 35.1 Å². The summed E-state index contributed by atoms with van der Waals surface area (Å²) in [7, 11) is 0. The smallest absolute Gasteiger partial charge is 0.356 e. The van der Waals surface area contributed by atoms with Crippen LogP contribution in [0.1, 0.15) is 64.5 Å². The highest BCUT2D eigenvalue weighted by molar-refractivity contribution is 5.91. The maximum atomic E-state index is 13.8. The number of nitrogens with two attached hydrogens (primary N) is 2. The predicted molar refractivity (Wildman–Crippen MR) is 220 cm³/mol. The summed E-state index contributed by atoms with van der Waals surface area (Å²) < 4.78 is 82.5. The lowest BCUT2D eigenvalue weighted by Crippen LogP contribution is -2.47. The van der Waals surface area contributed by atoms with E-state index >= 15 is 0 Å². The maximum Gasteiger partial charge on any atom is 0.418 e. The second-order valence-electron chi connectivity index (χ2n) is 16.6. The van der Waals surface area contributed by atoms with E-state index in [0.717, 1.165) is 37.8 Å². The largest absolute Gasteiger partial charge is 0.418 e. The average Bonchev–Trinajstić information content (AvgIpc) is 3.83. The van der Waals surface area contributed by atoms with Crippen LogP contribution in [0, 0.1) is 23.7 Å². The lowest BCUT2D eigenvalue weighted by Gasteiger charge is -2.38. The minimum absolute atomic E-state index is 0.0974. The van der Waals surface area contributed by atoms with Gasteiger partial charge in [0, 0.05) is 61.4 Å². The van der Waals surface area contributed by atoms with Gasteiger partial charge in [0.05, 0.1) is 22.5 Å². The summed E-state index contributed by atoms with van der Waals surface area (Å²) in [6.07, 6.45) is -2.46. The highest BCUT2D eigenvalue weighted by Gasteiger charge is 2.38. The fraction of sp³-hybridized carbons (Fsp3) is 0.476. The first-order chi connectivity index (χ1) is 28.5. The molecule has 2 aliphatic rings. The zero-order valence-corrected chi connectivity index (χ0v) is 33.9. The number of aromatic nitrogens is 8. The van der Waals surface area contributed by atoms with E-state index in [1.54, 1.807) is 36.7 Å². The van der Waals surface area contributed by atoms with Crippen molar-refractivity contribution in [3.8, 4) is 22.8 Å². The Kier molecular flexibility index (Phi) is 12.3. The Balaban J connectivity index is 0.000000181. The third kappa shape index (κ3) is 9.33. The van der Waals surface area contributed by atoms with E-state index in [0.29, 0.717) is 71.7 Å². The van der Waals surface area contributed by atoms with Gasteiger partial charge in [-0.05, 0) is 97.9 Å². The lowest BCUT2D eigenvalue weighted by molar-refractivity contribution is -0.138. The van der Waals surface area contributed by atoms with Crippen LogP contribution in [-0.2, 0) is 12.4 Å². The number of rotatable bonds is 8. The summed E-state index contributed by atoms with van der Waals surface area (Å²) in [5.41, 5.74) is 11.8. The number of nitrogens with zero attached hydrogens (tertiary/aromatic N) is 8. The van der Waals surface area contributed by atoms with Crippen LogP contribution < -0.4 is 21.3 Å². The van der Waals surface area contributed by atoms with Crippen LogP contribution in [-0.4, -0.2) is 78.6 Å². The van der Waals surface area contributed by atoms with Crippen molar-refractivity contribution in [1.29, 1.82) is 0 Å². The van der Waals surface area contributed by atoms with Gasteiger partial charge in [-0.15, -0.1) is 0 Å². The molecule has 6 aromatic heterocycles. The molecule has 4 atom stereocenters. The maximum absolute atomic E-state index is 13.8. The van der Waals surface area contributed by atoms with Gasteiger partial charge in [0.25, 0.3) is 0 Å². The molecular formula is C42H50F6N12. The number of fused-ring (bicyclic) bond motifs is 2. The van der Waals surface area contributed by atoms with E-state index in [1.165, 1.54) is 12.1 Å². The number of nitrogens with one attached hydrogen (secondary N) is 2. The molecule has 2 aliphatic heterocycles. The zero-order valence-electron chi connectivity index (χ0n) is 33.9. The minimum atomic E-state index is -4.54. The molecule has 0 radical (unpaired) electrons. The Bertz CT molecular complexity index is 2220. The van der Waals surface area contributed by atoms with E-state index in [1.807, 2.05) is 9.80 Å². The van der Waals surface area contributed by atoms with Crippen molar-refractivity contribution >= 4 is 33.7 Å². The Hall–Kier alpha value is -5.36. The number of anilines is 2. The number of pyridine rings is 4. The third-order valence-electron chi connectivity index (χ3n) is 11.3. The molecule has 0 spiro atoms. The van der Waals surface area contributed by atoms with Crippen molar-refractivity contribution in [2.75, 3.05) is 36.0 Å². The van der Waals surface area contributed by atoms with E-state index in [2.05, 4.69) is 68.0 Å². The summed E-state index contributed by atoms with van der Waals surface area (Å²) in [6.45, 7) is 11.3. The van der Waals surface area contributed by atoms with Gasteiger partial charge < -0.3 is 21.3 Å². The molecular weight excluding hydrogens is 787 g/mol. The molecule has 18 heteroatoms. The Labute approximate surface area is 343 Å². The molecule has 0 aliphatic carbocycles. The number of hydrogen-bond donors (Lipinski definition) is 4. The summed E-state index contributed by atoms with van der Waals surface area (Å²) >= 11 is 0. The molecule has 60 heavy (non-hydrogen) atoms. The summed E-state index contributed by atoms with van der Waals surface area (Å²) in [5, 5.41) is 14.5. The molecule has 0 amide bonds. The fourth-order valence-corrected chi connectivity index (χ4v) is 8.38. The average molecular weight is 837 g/mol. The van der Waals surface area contributed by atoms with Crippen molar-refractivity contribution in [3.05, 3.63) is 72.1 Å². The van der Waals surface area contributed by atoms with Gasteiger partial charge in [-0.25, -0.2) is 19.9 Å². The molecule has 6 N–H and O–H groups in total. The second-order valence-corrected chi connectivity index (χ2v) is 16.6. The van der Waals surface area contributed by atoms with Gasteiger partial charge in [0.1, 0.15) is 23.0 Å². The van der Waals surface area contributed by atoms with Gasteiger partial charge in [-0.2, -0.15) is 36.5 Å². The Morgan fingerprint density at radius 2 is 1.03 bits per heavy atom. The van der Waals surface area contributed by atoms with Crippen LogP contribution in [0.2, 0.25) is 0 Å². The fourth-order valence-electron chi connectivity index (χ4n) is 8.38. The molecule has 2 saturated heterocycles. The molecule has 12 nitrogen and oxygen atoms in total. The minimum Gasteiger partial charge on any atom is -0.356 e. The number of aromatic amines is 2. The Morgan fingerprint density at radius 3 is 1.40 bits per heavy atom. The number of piperidine rings is 2.